The Hall–Kier alpha value is -3.32. The van der Waals surface area contributed by atoms with Gasteiger partial charge in [-0.25, -0.2) is 9.37 Å². The van der Waals surface area contributed by atoms with Crippen LogP contribution in [0.15, 0.2) is 66.1 Å². The quantitative estimate of drug-likeness (QED) is 0.464. The molecule has 7 heteroatoms. The minimum Gasteiger partial charge on any atom is -0.332 e. The number of benzene rings is 2. The first kappa shape index (κ1) is 22.4. The van der Waals surface area contributed by atoms with Gasteiger partial charge in [-0.15, -0.1) is 11.3 Å². The van der Waals surface area contributed by atoms with Crippen molar-refractivity contribution in [3.05, 3.63) is 83.1 Å². The Morgan fingerprint density at radius 3 is 2.42 bits per heavy atom. The van der Waals surface area contributed by atoms with E-state index in [9.17, 15) is 14.0 Å². The average Bonchev–Trinajstić information content (AvgIpc) is 3.20. The lowest BCUT2D eigenvalue weighted by Gasteiger charge is -2.25. The summed E-state index contributed by atoms with van der Waals surface area (Å²) in [6.45, 7) is 5.80. The molecule has 0 aliphatic carbocycles. The normalized spacial score (nSPS) is 11.1. The monoisotopic (exact) mass is 437 g/mol. The molecule has 0 spiro atoms. The number of rotatable bonds is 7. The molecule has 31 heavy (non-hydrogen) atoms. The number of anilines is 2. The summed E-state index contributed by atoms with van der Waals surface area (Å²) in [5.41, 5.74) is 1.72. The van der Waals surface area contributed by atoms with Gasteiger partial charge in [-0.05, 0) is 37.6 Å². The van der Waals surface area contributed by atoms with Gasteiger partial charge in [-0.1, -0.05) is 42.5 Å². The maximum Gasteiger partial charge on any atom is 0.247 e. The summed E-state index contributed by atoms with van der Waals surface area (Å²) in [5, 5.41) is 2.07. The second-order valence-corrected chi connectivity index (χ2v) is 8.08. The molecule has 0 atom stereocenters. The highest BCUT2D eigenvalue weighted by Gasteiger charge is 2.21. The number of carbonyl (C=O) groups is 2. The topological polar surface area (TPSA) is 53.5 Å². The van der Waals surface area contributed by atoms with E-state index in [1.807, 2.05) is 44.2 Å². The molecule has 1 heterocycles. The van der Waals surface area contributed by atoms with Crippen LogP contribution in [0, 0.1) is 5.82 Å². The van der Waals surface area contributed by atoms with Gasteiger partial charge in [0.15, 0.2) is 5.13 Å². The van der Waals surface area contributed by atoms with Crippen molar-refractivity contribution in [3.63, 3.8) is 0 Å². The van der Waals surface area contributed by atoms with Crippen LogP contribution in [0.25, 0.3) is 6.08 Å². The van der Waals surface area contributed by atoms with Crippen molar-refractivity contribution in [2.24, 2.45) is 0 Å². The van der Waals surface area contributed by atoms with Gasteiger partial charge in [0.25, 0.3) is 0 Å². The maximum absolute atomic E-state index is 14.2. The first-order chi connectivity index (χ1) is 14.9. The van der Waals surface area contributed by atoms with Crippen molar-refractivity contribution in [3.8, 4) is 0 Å². The molecule has 5 nitrogen and oxygen atoms in total. The Morgan fingerprint density at radius 2 is 1.77 bits per heavy atom. The van der Waals surface area contributed by atoms with E-state index in [0.29, 0.717) is 17.4 Å². The lowest BCUT2D eigenvalue weighted by Crippen LogP contribution is -2.35. The second kappa shape index (κ2) is 10.1. The van der Waals surface area contributed by atoms with E-state index >= 15 is 0 Å². The van der Waals surface area contributed by atoms with E-state index in [4.69, 9.17) is 0 Å². The summed E-state index contributed by atoms with van der Waals surface area (Å²) >= 11 is 1.21. The number of hydrogen-bond donors (Lipinski definition) is 0. The number of halogens is 1. The Kier molecular flexibility index (Phi) is 7.31. The highest BCUT2D eigenvalue weighted by Crippen LogP contribution is 2.31. The lowest BCUT2D eigenvalue weighted by molar-refractivity contribution is -0.128. The Bertz CT molecular complexity index is 1080. The molecule has 3 aromatic rings. The summed E-state index contributed by atoms with van der Waals surface area (Å²) in [6, 6.07) is 15.9. The minimum atomic E-state index is -0.506. The van der Waals surface area contributed by atoms with Gasteiger partial charge >= 0.3 is 0 Å². The predicted molar refractivity (Wildman–Crippen MR) is 122 cm³/mol. The Morgan fingerprint density at radius 1 is 1.10 bits per heavy atom. The summed E-state index contributed by atoms with van der Waals surface area (Å²) in [6.07, 6.45) is 3.09. The molecule has 2 amide bonds. The summed E-state index contributed by atoms with van der Waals surface area (Å²) in [4.78, 5) is 32.3. The van der Waals surface area contributed by atoms with Crippen molar-refractivity contribution in [2.75, 3.05) is 4.90 Å². The van der Waals surface area contributed by atoms with Crippen LogP contribution in [-0.4, -0.2) is 27.7 Å². The van der Waals surface area contributed by atoms with Crippen molar-refractivity contribution >= 4 is 40.0 Å². The van der Waals surface area contributed by atoms with Crippen molar-refractivity contribution in [2.45, 2.75) is 33.4 Å². The van der Waals surface area contributed by atoms with E-state index in [-0.39, 0.29) is 23.5 Å². The Balaban J connectivity index is 1.78. The van der Waals surface area contributed by atoms with Crippen LogP contribution in [0.3, 0.4) is 0 Å². The molecule has 2 aromatic carbocycles. The highest BCUT2D eigenvalue weighted by atomic mass is 32.1. The largest absolute Gasteiger partial charge is 0.332 e. The van der Waals surface area contributed by atoms with Gasteiger partial charge in [0.2, 0.25) is 11.8 Å². The van der Waals surface area contributed by atoms with Crippen molar-refractivity contribution in [1.29, 1.82) is 0 Å². The molecule has 0 N–H and O–H groups in total. The molecule has 0 saturated carbocycles. The van der Waals surface area contributed by atoms with Crippen LogP contribution in [0.5, 0.6) is 0 Å². The number of carbonyl (C=O) groups excluding carboxylic acids is 2. The number of amides is 2. The molecule has 0 aliphatic rings. The van der Waals surface area contributed by atoms with E-state index in [0.717, 1.165) is 5.56 Å². The fourth-order valence-corrected chi connectivity index (χ4v) is 3.89. The van der Waals surface area contributed by atoms with E-state index in [1.165, 1.54) is 41.4 Å². The SMILES string of the molecule is CC(=O)N(c1nc(/C=C/C(=O)N(Cc2ccccc2)C(C)C)cs1)c1ccccc1F. The zero-order chi connectivity index (χ0) is 22.4. The van der Waals surface area contributed by atoms with Gasteiger partial charge < -0.3 is 4.90 Å². The van der Waals surface area contributed by atoms with E-state index < -0.39 is 5.82 Å². The number of thiazole rings is 1. The maximum atomic E-state index is 14.2. The van der Waals surface area contributed by atoms with E-state index in [2.05, 4.69) is 4.98 Å². The fourth-order valence-electron chi connectivity index (χ4n) is 3.04. The third kappa shape index (κ3) is 5.64. The third-order valence-electron chi connectivity index (χ3n) is 4.61. The Labute approximate surface area is 185 Å². The van der Waals surface area contributed by atoms with Gasteiger partial charge in [0, 0.05) is 31.0 Å². The van der Waals surface area contributed by atoms with Crippen LogP contribution in [0.4, 0.5) is 15.2 Å². The molecule has 0 aliphatic heterocycles. The molecular weight excluding hydrogens is 413 g/mol. The van der Waals surface area contributed by atoms with Crippen LogP contribution in [-0.2, 0) is 16.1 Å². The number of hydrogen-bond acceptors (Lipinski definition) is 4. The first-order valence-electron chi connectivity index (χ1n) is 9.90. The van der Waals surface area contributed by atoms with Crippen LogP contribution < -0.4 is 4.90 Å². The molecular formula is C24H24FN3O2S. The molecule has 0 unspecified atom stereocenters. The minimum absolute atomic E-state index is 0.0256. The van der Waals surface area contributed by atoms with Crippen LogP contribution in [0.1, 0.15) is 32.0 Å². The molecule has 0 saturated heterocycles. The predicted octanol–water partition coefficient (Wildman–Crippen LogP) is 5.42. The number of para-hydroxylation sites is 1. The van der Waals surface area contributed by atoms with Crippen molar-refractivity contribution in [1.82, 2.24) is 9.88 Å². The number of nitrogens with zero attached hydrogens (tertiary/aromatic N) is 3. The van der Waals surface area contributed by atoms with Gasteiger partial charge in [0.05, 0.1) is 11.4 Å². The zero-order valence-electron chi connectivity index (χ0n) is 17.7. The van der Waals surface area contributed by atoms with Crippen molar-refractivity contribution < 1.29 is 14.0 Å². The fraction of sp³-hybridized carbons (Fsp3) is 0.208. The van der Waals surface area contributed by atoms with Gasteiger partial charge in [0.1, 0.15) is 5.82 Å². The van der Waals surface area contributed by atoms with Crippen LogP contribution >= 0.6 is 11.3 Å². The third-order valence-corrected chi connectivity index (χ3v) is 5.45. The molecule has 0 bridgehead atoms. The van der Waals surface area contributed by atoms with E-state index in [1.54, 1.807) is 28.5 Å². The molecule has 160 valence electrons. The summed E-state index contributed by atoms with van der Waals surface area (Å²) < 4.78 is 14.2. The smallest absolute Gasteiger partial charge is 0.247 e. The number of aromatic nitrogens is 1. The van der Waals surface area contributed by atoms with Gasteiger partial charge in [-0.2, -0.15) is 0 Å². The molecule has 0 radical (unpaired) electrons. The van der Waals surface area contributed by atoms with Crippen LogP contribution in [0.2, 0.25) is 0 Å². The molecule has 0 fully saturated rings. The first-order valence-corrected chi connectivity index (χ1v) is 10.8. The summed E-state index contributed by atoms with van der Waals surface area (Å²) in [7, 11) is 0. The molecule has 3 rings (SSSR count). The standard InChI is InChI=1S/C24H24FN3O2S/c1-17(2)27(15-19-9-5-4-6-10-19)23(30)14-13-20-16-31-24(26-20)28(18(3)29)22-12-8-7-11-21(22)25/h4-14,16-17H,15H2,1-3H3/b14-13+. The molecule has 1 aromatic heterocycles. The average molecular weight is 438 g/mol. The highest BCUT2D eigenvalue weighted by molar-refractivity contribution is 7.14. The second-order valence-electron chi connectivity index (χ2n) is 7.24. The summed E-state index contributed by atoms with van der Waals surface area (Å²) in [5.74, 6) is -0.987. The van der Waals surface area contributed by atoms with Gasteiger partial charge in [-0.3, -0.25) is 14.5 Å². The zero-order valence-corrected chi connectivity index (χ0v) is 18.5. The lowest BCUT2D eigenvalue weighted by atomic mass is 10.2.